The third kappa shape index (κ3) is 3.16. The SMILES string of the molecule is O[C@@H](COC1C2CC3CC(C2)CC1C3)C[NH+]1CCCCC1. The number of hydrogen-bond acceptors (Lipinski definition) is 2. The fourth-order valence-electron chi connectivity index (χ4n) is 6.02. The van der Waals surface area contributed by atoms with Crippen LogP contribution in [0.25, 0.3) is 0 Å². The minimum atomic E-state index is -0.254. The molecule has 2 N–H and O–H groups in total. The molecule has 1 atom stereocenters. The zero-order chi connectivity index (χ0) is 14.2. The Kier molecular flexibility index (Phi) is 4.25. The van der Waals surface area contributed by atoms with Gasteiger partial charge in [-0.05, 0) is 75.0 Å². The van der Waals surface area contributed by atoms with E-state index in [9.17, 15) is 5.11 Å². The van der Waals surface area contributed by atoms with Crippen molar-refractivity contribution in [2.45, 2.75) is 63.6 Å². The molecule has 0 radical (unpaired) electrons. The van der Waals surface area contributed by atoms with Crippen LogP contribution >= 0.6 is 0 Å². The van der Waals surface area contributed by atoms with Crippen LogP contribution in [0, 0.1) is 23.7 Å². The highest BCUT2D eigenvalue weighted by atomic mass is 16.5. The Morgan fingerprint density at radius 2 is 1.52 bits per heavy atom. The molecule has 3 nitrogen and oxygen atoms in total. The van der Waals surface area contributed by atoms with Crippen LogP contribution in [0.2, 0.25) is 0 Å². The van der Waals surface area contributed by atoms with Gasteiger partial charge in [-0.3, -0.25) is 0 Å². The van der Waals surface area contributed by atoms with Crippen LogP contribution in [-0.4, -0.2) is 43.6 Å². The van der Waals surface area contributed by atoms with E-state index in [4.69, 9.17) is 4.74 Å². The van der Waals surface area contributed by atoms with Gasteiger partial charge in [-0.25, -0.2) is 0 Å². The molecule has 0 aromatic rings. The first-order chi connectivity index (χ1) is 10.3. The summed E-state index contributed by atoms with van der Waals surface area (Å²) < 4.78 is 6.26. The predicted octanol–water partition coefficient (Wildman–Crippen LogP) is 1.26. The lowest BCUT2D eigenvalue weighted by molar-refractivity contribution is -0.908. The van der Waals surface area contributed by atoms with Gasteiger partial charge in [0.1, 0.15) is 12.6 Å². The summed E-state index contributed by atoms with van der Waals surface area (Å²) in [4.78, 5) is 1.59. The smallest absolute Gasteiger partial charge is 0.126 e. The second-order valence-corrected chi connectivity index (χ2v) is 8.40. The van der Waals surface area contributed by atoms with Crippen molar-refractivity contribution in [3.05, 3.63) is 0 Å². The Morgan fingerprint density at radius 3 is 2.14 bits per heavy atom. The van der Waals surface area contributed by atoms with E-state index in [2.05, 4.69) is 0 Å². The summed E-state index contributed by atoms with van der Waals surface area (Å²) in [5.41, 5.74) is 0. The fourth-order valence-corrected chi connectivity index (χ4v) is 6.02. The zero-order valence-corrected chi connectivity index (χ0v) is 13.3. The van der Waals surface area contributed by atoms with Gasteiger partial charge in [0.25, 0.3) is 0 Å². The van der Waals surface area contributed by atoms with Crippen LogP contribution in [0.1, 0.15) is 51.4 Å². The minimum Gasteiger partial charge on any atom is -0.385 e. The topological polar surface area (TPSA) is 33.9 Å². The number of hydrogen-bond donors (Lipinski definition) is 2. The van der Waals surface area contributed by atoms with Crippen LogP contribution in [0.5, 0.6) is 0 Å². The lowest BCUT2D eigenvalue weighted by Crippen LogP contribution is -3.14. The number of piperidine rings is 1. The molecular formula is C18H32NO2+. The molecule has 1 heterocycles. The van der Waals surface area contributed by atoms with Gasteiger partial charge in [0.2, 0.25) is 0 Å². The van der Waals surface area contributed by atoms with E-state index in [1.807, 2.05) is 0 Å². The Hall–Kier alpha value is -0.120. The van der Waals surface area contributed by atoms with Crippen molar-refractivity contribution >= 4 is 0 Å². The summed E-state index contributed by atoms with van der Waals surface area (Å²) in [6, 6.07) is 0. The van der Waals surface area contributed by atoms with E-state index in [1.165, 1.54) is 64.5 Å². The van der Waals surface area contributed by atoms with Crippen LogP contribution in [0.3, 0.4) is 0 Å². The summed E-state index contributed by atoms with van der Waals surface area (Å²) >= 11 is 0. The molecule has 0 unspecified atom stereocenters. The molecule has 0 aromatic heterocycles. The van der Waals surface area contributed by atoms with E-state index in [0.29, 0.717) is 12.7 Å². The molecule has 0 spiro atoms. The fraction of sp³-hybridized carbons (Fsp3) is 1.00. The lowest BCUT2D eigenvalue weighted by Gasteiger charge is -2.54. The molecular weight excluding hydrogens is 262 g/mol. The molecule has 4 aliphatic carbocycles. The van der Waals surface area contributed by atoms with Crippen LogP contribution in [-0.2, 0) is 4.74 Å². The number of aliphatic hydroxyl groups is 1. The molecule has 3 heteroatoms. The number of nitrogens with one attached hydrogen (secondary N) is 1. The molecule has 0 amide bonds. The maximum atomic E-state index is 10.3. The normalized spacial score (nSPS) is 44.1. The predicted molar refractivity (Wildman–Crippen MR) is 82.2 cm³/mol. The first kappa shape index (κ1) is 14.5. The van der Waals surface area contributed by atoms with Crippen LogP contribution < -0.4 is 4.90 Å². The minimum absolute atomic E-state index is 0.254. The van der Waals surface area contributed by atoms with Crippen molar-refractivity contribution in [3.8, 4) is 0 Å². The van der Waals surface area contributed by atoms with Crippen molar-refractivity contribution in [3.63, 3.8) is 0 Å². The number of rotatable bonds is 5. The quantitative estimate of drug-likeness (QED) is 0.800. The van der Waals surface area contributed by atoms with Gasteiger partial charge in [-0.15, -0.1) is 0 Å². The van der Waals surface area contributed by atoms with E-state index < -0.39 is 0 Å². The lowest BCUT2D eigenvalue weighted by atomic mass is 9.55. The molecule has 0 aromatic carbocycles. The summed E-state index contributed by atoms with van der Waals surface area (Å²) in [7, 11) is 0. The number of likely N-dealkylation sites (tertiary alicyclic amines) is 1. The van der Waals surface area contributed by atoms with Gasteiger partial charge >= 0.3 is 0 Å². The van der Waals surface area contributed by atoms with Gasteiger partial charge in [-0.1, -0.05) is 0 Å². The first-order valence-corrected chi connectivity index (χ1v) is 9.41. The number of quaternary nitrogens is 1. The molecule has 4 bridgehead atoms. The van der Waals surface area contributed by atoms with Gasteiger partial charge in [0.05, 0.1) is 25.8 Å². The highest BCUT2D eigenvalue weighted by Gasteiger charge is 2.48. The molecule has 21 heavy (non-hydrogen) atoms. The average molecular weight is 294 g/mol. The third-order valence-corrected chi connectivity index (χ3v) is 6.71. The van der Waals surface area contributed by atoms with Crippen molar-refractivity contribution < 1.29 is 14.7 Å². The second kappa shape index (κ2) is 6.17. The standard InChI is InChI=1S/C18H31NO2/c20-17(11-19-4-2-1-3-5-19)12-21-18-15-7-13-6-14(9-15)10-16(18)8-13/h13-18,20H,1-12H2/p+1/t13?,14?,15?,16?,17-,18?/m1/s1. The Morgan fingerprint density at radius 1 is 0.905 bits per heavy atom. The van der Waals surface area contributed by atoms with E-state index in [-0.39, 0.29) is 6.10 Å². The number of aliphatic hydroxyl groups excluding tert-OH is 1. The summed E-state index contributed by atoms with van der Waals surface area (Å²) in [5, 5.41) is 10.3. The molecule has 5 fully saturated rings. The Balaban J connectivity index is 1.25. The van der Waals surface area contributed by atoms with E-state index >= 15 is 0 Å². The van der Waals surface area contributed by atoms with Crippen LogP contribution in [0.4, 0.5) is 0 Å². The second-order valence-electron chi connectivity index (χ2n) is 8.40. The molecule has 5 rings (SSSR count). The summed E-state index contributed by atoms with van der Waals surface area (Å²) in [6.45, 7) is 3.97. The van der Waals surface area contributed by atoms with E-state index in [1.54, 1.807) is 4.90 Å². The van der Waals surface area contributed by atoms with Crippen molar-refractivity contribution in [1.82, 2.24) is 0 Å². The Labute approximate surface area is 129 Å². The highest BCUT2D eigenvalue weighted by Crippen LogP contribution is 2.54. The van der Waals surface area contributed by atoms with Crippen molar-refractivity contribution in [1.29, 1.82) is 0 Å². The van der Waals surface area contributed by atoms with Crippen LogP contribution in [0.15, 0.2) is 0 Å². The Bertz CT molecular complexity index is 325. The van der Waals surface area contributed by atoms with E-state index in [0.717, 1.165) is 30.2 Å². The molecule has 4 saturated carbocycles. The van der Waals surface area contributed by atoms with Gasteiger partial charge < -0.3 is 14.7 Å². The molecule has 1 saturated heterocycles. The molecule has 120 valence electrons. The summed E-state index contributed by atoms with van der Waals surface area (Å²) in [5.74, 6) is 3.65. The largest absolute Gasteiger partial charge is 0.385 e. The molecule has 1 aliphatic heterocycles. The van der Waals surface area contributed by atoms with Gasteiger partial charge in [0.15, 0.2) is 0 Å². The maximum absolute atomic E-state index is 10.3. The summed E-state index contributed by atoms with van der Waals surface area (Å²) in [6.07, 6.45) is 11.4. The third-order valence-electron chi connectivity index (χ3n) is 6.71. The average Bonchev–Trinajstić information content (AvgIpc) is 2.47. The van der Waals surface area contributed by atoms with Gasteiger partial charge in [0, 0.05) is 0 Å². The zero-order valence-electron chi connectivity index (χ0n) is 13.3. The highest BCUT2D eigenvalue weighted by molar-refractivity contribution is 4.99. The molecule has 5 aliphatic rings. The van der Waals surface area contributed by atoms with Crippen molar-refractivity contribution in [2.75, 3.05) is 26.2 Å². The maximum Gasteiger partial charge on any atom is 0.126 e. The van der Waals surface area contributed by atoms with Gasteiger partial charge in [-0.2, -0.15) is 0 Å². The first-order valence-electron chi connectivity index (χ1n) is 9.41. The number of ether oxygens (including phenoxy) is 1. The van der Waals surface area contributed by atoms with Crippen molar-refractivity contribution in [2.24, 2.45) is 23.7 Å². The monoisotopic (exact) mass is 294 g/mol.